The van der Waals surface area contributed by atoms with E-state index < -0.39 is 0 Å². The summed E-state index contributed by atoms with van der Waals surface area (Å²) in [4.78, 5) is 26.6. The summed E-state index contributed by atoms with van der Waals surface area (Å²) in [6, 6.07) is 14.6. The van der Waals surface area contributed by atoms with Crippen molar-refractivity contribution >= 4 is 17.5 Å². The van der Waals surface area contributed by atoms with E-state index in [2.05, 4.69) is 10.4 Å². The van der Waals surface area contributed by atoms with Gasteiger partial charge in [0.15, 0.2) is 5.69 Å². The summed E-state index contributed by atoms with van der Waals surface area (Å²) in [5, 5.41) is 7.19. The molecule has 1 atom stereocenters. The number of aryl methyl sites for hydroxylation is 1. The second-order valence-corrected chi connectivity index (χ2v) is 7.12. The monoisotopic (exact) mass is 408 g/mol. The zero-order valence-electron chi connectivity index (χ0n) is 16.6. The van der Waals surface area contributed by atoms with Crippen LogP contribution < -0.4 is 15.0 Å². The van der Waals surface area contributed by atoms with Crippen LogP contribution in [0, 0.1) is 5.82 Å². The van der Waals surface area contributed by atoms with Crippen molar-refractivity contribution in [2.45, 2.75) is 12.5 Å². The molecule has 0 aliphatic carbocycles. The van der Waals surface area contributed by atoms with E-state index >= 15 is 0 Å². The van der Waals surface area contributed by atoms with Gasteiger partial charge in [0.05, 0.1) is 18.8 Å². The number of nitrogens with one attached hydrogen (secondary N) is 1. The molecule has 154 valence electrons. The number of rotatable bonds is 5. The highest BCUT2D eigenvalue weighted by molar-refractivity contribution is 5.98. The largest absolute Gasteiger partial charge is 0.497 e. The minimum Gasteiger partial charge on any atom is -0.497 e. The fourth-order valence-electron chi connectivity index (χ4n) is 3.54. The fourth-order valence-corrected chi connectivity index (χ4v) is 3.54. The highest BCUT2D eigenvalue weighted by atomic mass is 19.1. The molecule has 3 aromatic rings. The summed E-state index contributed by atoms with van der Waals surface area (Å²) in [5.41, 5.74) is 2.58. The van der Waals surface area contributed by atoms with Crippen LogP contribution in [0.4, 0.5) is 10.1 Å². The lowest BCUT2D eigenvalue weighted by Crippen LogP contribution is -2.37. The van der Waals surface area contributed by atoms with Crippen molar-refractivity contribution in [1.82, 2.24) is 15.1 Å². The van der Waals surface area contributed by atoms with Gasteiger partial charge >= 0.3 is 0 Å². The van der Waals surface area contributed by atoms with Crippen LogP contribution in [-0.2, 0) is 11.8 Å². The summed E-state index contributed by atoms with van der Waals surface area (Å²) in [5.74, 6) is -0.0791. The Bertz CT molecular complexity index is 1080. The number of carbonyl (C=O) groups excluding carboxylic acids is 2. The van der Waals surface area contributed by atoms with Crippen LogP contribution in [0.15, 0.2) is 54.6 Å². The first kappa shape index (κ1) is 19.6. The second-order valence-electron chi connectivity index (χ2n) is 7.12. The molecule has 2 amide bonds. The molecule has 1 saturated heterocycles. The smallest absolute Gasteiger partial charge is 0.272 e. The Kier molecular flexibility index (Phi) is 5.22. The van der Waals surface area contributed by atoms with Crippen LogP contribution in [0.3, 0.4) is 0 Å². The Morgan fingerprint density at radius 3 is 2.53 bits per heavy atom. The van der Waals surface area contributed by atoms with E-state index in [0.717, 1.165) is 17.0 Å². The summed E-state index contributed by atoms with van der Waals surface area (Å²) in [6.45, 7) is 0.328. The van der Waals surface area contributed by atoms with Crippen molar-refractivity contribution in [3.05, 3.63) is 66.1 Å². The Hall–Kier alpha value is -3.68. The average molecular weight is 408 g/mol. The van der Waals surface area contributed by atoms with Gasteiger partial charge in [-0.2, -0.15) is 5.10 Å². The lowest BCUT2D eigenvalue weighted by atomic mass is 10.1. The van der Waals surface area contributed by atoms with Crippen LogP contribution in [-0.4, -0.2) is 41.3 Å². The van der Waals surface area contributed by atoms with E-state index in [1.165, 1.54) is 12.1 Å². The van der Waals surface area contributed by atoms with E-state index in [1.54, 1.807) is 41.9 Å². The summed E-state index contributed by atoms with van der Waals surface area (Å²) < 4.78 is 19.9. The van der Waals surface area contributed by atoms with E-state index in [4.69, 9.17) is 4.74 Å². The molecule has 1 N–H and O–H groups in total. The number of carbonyl (C=O) groups is 2. The molecule has 1 unspecified atom stereocenters. The zero-order valence-corrected chi connectivity index (χ0v) is 16.6. The van der Waals surface area contributed by atoms with Crippen LogP contribution in [0.5, 0.6) is 5.75 Å². The van der Waals surface area contributed by atoms with E-state index in [9.17, 15) is 14.0 Å². The van der Waals surface area contributed by atoms with Gasteiger partial charge in [-0.05, 0) is 54.6 Å². The Balaban J connectivity index is 1.45. The minimum atomic E-state index is -0.363. The average Bonchev–Trinajstić information content (AvgIpc) is 3.31. The minimum absolute atomic E-state index is 0.119. The third kappa shape index (κ3) is 3.89. The first-order valence-electron chi connectivity index (χ1n) is 9.50. The molecule has 0 radical (unpaired) electrons. The highest BCUT2D eigenvalue weighted by Crippen LogP contribution is 2.24. The van der Waals surface area contributed by atoms with E-state index in [1.807, 2.05) is 24.3 Å². The lowest BCUT2D eigenvalue weighted by molar-refractivity contribution is -0.117. The molecule has 2 heterocycles. The van der Waals surface area contributed by atoms with Crippen LogP contribution in [0.1, 0.15) is 16.9 Å². The SMILES string of the molecule is COc1ccc(-c2cc(C(=O)NC3CC(=O)N(c4ccc(F)cc4)C3)nn2C)cc1. The number of hydrogen-bond donors (Lipinski definition) is 1. The maximum Gasteiger partial charge on any atom is 0.272 e. The molecule has 4 rings (SSSR count). The maximum atomic E-state index is 13.1. The highest BCUT2D eigenvalue weighted by Gasteiger charge is 2.32. The van der Waals surface area contributed by atoms with Crippen molar-refractivity contribution in [2.75, 3.05) is 18.6 Å². The van der Waals surface area contributed by atoms with Crippen molar-refractivity contribution < 1.29 is 18.7 Å². The molecular formula is C22H21FN4O3. The van der Waals surface area contributed by atoms with Gasteiger partial charge in [0.2, 0.25) is 5.91 Å². The predicted octanol–water partition coefficient (Wildman–Crippen LogP) is 2.77. The van der Waals surface area contributed by atoms with Crippen molar-refractivity contribution in [3.63, 3.8) is 0 Å². The molecule has 2 aromatic carbocycles. The van der Waals surface area contributed by atoms with E-state index in [0.29, 0.717) is 12.2 Å². The standard InChI is InChI=1S/C22H21FN4O3/c1-26-20(14-3-9-18(30-2)10-4-14)12-19(25-26)22(29)24-16-11-21(28)27(13-16)17-7-5-15(23)6-8-17/h3-10,12,16H,11,13H2,1-2H3,(H,24,29). The Morgan fingerprint density at radius 2 is 1.87 bits per heavy atom. The topological polar surface area (TPSA) is 76.5 Å². The number of hydrogen-bond acceptors (Lipinski definition) is 4. The van der Waals surface area contributed by atoms with Crippen LogP contribution in [0.25, 0.3) is 11.3 Å². The Morgan fingerprint density at radius 1 is 1.17 bits per heavy atom. The lowest BCUT2D eigenvalue weighted by Gasteiger charge is -2.17. The quantitative estimate of drug-likeness (QED) is 0.704. The number of anilines is 1. The van der Waals surface area contributed by atoms with E-state index in [-0.39, 0.29) is 35.8 Å². The van der Waals surface area contributed by atoms with Gasteiger partial charge in [0.1, 0.15) is 11.6 Å². The number of halogens is 1. The molecule has 1 aliphatic rings. The number of amides is 2. The van der Waals surface area contributed by atoms with Gasteiger partial charge in [-0.15, -0.1) is 0 Å². The van der Waals surface area contributed by atoms with Crippen molar-refractivity contribution in [1.29, 1.82) is 0 Å². The molecule has 0 saturated carbocycles. The summed E-state index contributed by atoms with van der Waals surface area (Å²) in [7, 11) is 3.37. The predicted molar refractivity (Wildman–Crippen MR) is 110 cm³/mol. The second kappa shape index (κ2) is 7.98. The summed E-state index contributed by atoms with van der Waals surface area (Å²) >= 11 is 0. The fraction of sp³-hybridized carbons (Fsp3) is 0.227. The van der Waals surface area contributed by atoms with Gasteiger partial charge < -0.3 is 15.0 Å². The zero-order chi connectivity index (χ0) is 21.3. The normalized spacial score (nSPS) is 16.0. The van der Waals surface area contributed by atoms with Crippen LogP contribution >= 0.6 is 0 Å². The molecule has 0 bridgehead atoms. The first-order valence-corrected chi connectivity index (χ1v) is 9.50. The number of ether oxygens (including phenoxy) is 1. The van der Waals surface area contributed by atoms with Gasteiger partial charge in [-0.3, -0.25) is 14.3 Å². The number of benzene rings is 2. The van der Waals surface area contributed by atoms with Crippen molar-refractivity contribution in [3.8, 4) is 17.0 Å². The van der Waals surface area contributed by atoms with Gasteiger partial charge in [0.25, 0.3) is 5.91 Å². The molecular weight excluding hydrogens is 387 g/mol. The molecule has 1 aromatic heterocycles. The Labute approximate surface area is 173 Å². The van der Waals surface area contributed by atoms with Gasteiger partial charge in [-0.25, -0.2) is 4.39 Å². The third-order valence-electron chi connectivity index (χ3n) is 5.10. The number of nitrogens with zero attached hydrogens (tertiary/aromatic N) is 3. The third-order valence-corrected chi connectivity index (χ3v) is 5.10. The number of methoxy groups -OCH3 is 1. The summed E-state index contributed by atoms with van der Waals surface area (Å²) in [6.07, 6.45) is 0.182. The molecule has 0 spiro atoms. The van der Waals surface area contributed by atoms with Gasteiger partial charge in [-0.1, -0.05) is 0 Å². The first-order chi connectivity index (χ1) is 14.4. The molecule has 30 heavy (non-hydrogen) atoms. The van der Waals surface area contributed by atoms with Crippen molar-refractivity contribution in [2.24, 2.45) is 7.05 Å². The number of aromatic nitrogens is 2. The maximum absolute atomic E-state index is 13.1. The molecule has 8 heteroatoms. The molecule has 7 nitrogen and oxygen atoms in total. The molecule has 1 aliphatic heterocycles. The van der Waals surface area contributed by atoms with Gasteiger partial charge in [0, 0.05) is 31.3 Å². The van der Waals surface area contributed by atoms with Crippen LogP contribution in [0.2, 0.25) is 0 Å². The molecule has 1 fully saturated rings.